The van der Waals surface area contributed by atoms with Crippen LogP contribution in [0.4, 0.5) is 18.9 Å². The average Bonchev–Trinajstić information content (AvgIpc) is 2.03. The Bertz CT molecular complexity index is 311. The van der Waals surface area contributed by atoms with E-state index in [-0.39, 0.29) is 5.69 Å². The van der Waals surface area contributed by atoms with Gasteiger partial charge in [0.25, 0.3) is 0 Å². The Morgan fingerprint density at radius 2 is 2.08 bits per heavy atom. The lowest BCUT2D eigenvalue weighted by Gasteiger charge is -2.09. The highest BCUT2D eigenvalue weighted by atomic mass is 35.5. The molecule has 0 bridgehead atoms. The molecule has 1 aromatic rings. The van der Waals surface area contributed by atoms with Crippen molar-refractivity contribution in [1.82, 2.24) is 4.98 Å². The highest BCUT2D eigenvalue weighted by Gasteiger charge is 2.34. The van der Waals surface area contributed by atoms with E-state index in [1.807, 2.05) is 0 Å². The molecule has 0 spiro atoms. The van der Waals surface area contributed by atoms with Gasteiger partial charge in [-0.2, -0.15) is 13.2 Å². The smallest absolute Gasteiger partial charge is 0.387 e. The molecule has 1 heterocycles. The number of nitrogens with one attached hydrogen (secondary N) is 1. The third-order valence-electron chi connectivity index (χ3n) is 1.43. The maximum absolute atomic E-state index is 12.2. The number of halogens is 4. The third kappa shape index (κ3) is 2.24. The van der Waals surface area contributed by atoms with Crippen molar-refractivity contribution in [3.05, 3.63) is 23.0 Å². The quantitative estimate of drug-likeness (QED) is 0.721. The summed E-state index contributed by atoms with van der Waals surface area (Å²) in [6.07, 6.45) is -3.23. The Balaban J connectivity index is 3.19. The zero-order valence-corrected chi connectivity index (χ0v) is 7.37. The molecule has 0 unspecified atom stereocenters. The Morgan fingerprint density at radius 1 is 1.46 bits per heavy atom. The normalized spacial score (nSPS) is 11.5. The molecule has 0 saturated heterocycles. The zero-order valence-electron chi connectivity index (χ0n) is 6.61. The molecule has 6 heteroatoms. The summed E-state index contributed by atoms with van der Waals surface area (Å²) < 4.78 is 36.6. The lowest BCUT2D eigenvalue weighted by molar-refractivity contribution is -0.137. The summed E-state index contributed by atoms with van der Waals surface area (Å²) in [6.45, 7) is 0. The van der Waals surface area contributed by atoms with Crippen molar-refractivity contribution in [1.29, 1.82) is 0 Å². The summed E-state index contributed by atoms with van der Waals surface area (Å²) in [5.41, 5.74) is -0.655. The monoisotopic (exact) mass is 210 g/mol. The van der Waals surface area contributed by atoms with Crippen LogP contribution in [0, 0.1) is 0 Å². The van der Waals surface area contributed by atoms with Gasteiger partial charge in [-0.15, -0.1) is 0 Å². The highest BCUT2D eigenvalue weighted by Crippen LogP contribution is 2.34. The molecule has 0 radical (unpaired) electrons. The highest BCUT2D eigenvalue weighted by molar-refractivity contribution is 6.30. The number of hydrogen-bond donors (Lipinski definition) is 1. The molecule has 1 N–H and O–H groups in total. The molecule has 0 aliphatic heterocycles. The maximum atomic E-state index is 12.2. The van der Waals surface area contributed by atoms with E-state index in [9.17, 15) is 13.2 Å². The topological polar surface area (TPSA) is 24.9 Å². The van der Waals surface area contributed by atoms with E-state index in [0.717, 1.165) is 6.07 Å². The Kier molecular flexibility index (Phi) is 2.66. The number of anilines is 1. The van der Waals surface area contributed by atoms with Crippen LogP contribution in [0.15, 0.2) is 12.3 Å². The molecule has 0 aliphatic rings. The van der Waals surface area contributed by atoms with E-state index in [1.54, 1.807) is 0 Å². The van der Waals surface area contributed by atoms with Crippen LogP contribution in [0.1, 0.15) is 5.56 Å². The van der Waals surface area contributed by atoms with Crippen molar-refractivity contribution in [3.63, 3.8) is 0 Å². The largest absolute Gasteiger partial charge is 0.419 e. The molecule has 72 valence electrons. The standard InChI is InChI=1S/C7H6ClF3N2/c1-12-4-2-5(7(9,10)11)6(8)13-3-4/h2-3,12H,1H3. The molecule has 1 rings (SSSR count). The van der Waals surface area contributed by atoms with Gasteiger partial charge in [0.2, 0.25) is 0 Å². The molecule has 0 amide bonds. The number of nitrogens with zero attached hydrogens (tertiary/aromatic N) is 1. The van der Waals surface area contributed by atoms with Crippen molar-refractivity contribution in [3.8, 4) is 0 Å². The summed E-state index contributed by atoms with van der Waals surface area (Å²) in [4.78, 5) is 3.40. The van der Waals surface area contributed by atoms with Crippen LogP contribution in [0.3, 0.4) is 0 Å². The molecule has 13 heavy (non-hydrogen) atoms. The summed E-state index contributed by atoms with van der Waals surface area (Å²) in [5, 5.41) is 2.01. The molecule has 0 fully saturated rings. The second kappa shape index (κ2) is 3.41. The van der Waals surface area contributed by atoms with Crippen molar-refractivity contribution >= 4 is 17.3 Å². The molecule has 2 nitrogen and oxygen atoms in total. The minimum atomic E-state index is -4.46. The van der Waals surface area contributed by atoms with Gasteiger partial charge in [0, 0.05) is 7.05 Å². The van der Waals surface area contributed by atoms with Gasteiger partial charge < -0.3 is 5.32 Å². The SMILES string of the molecule is CNc1cnc(Cl)c(C(F)(F)F)c1. The van der Waals surface area contributed by atoms with E-state index in [0.29, 0.717) is 0 Å². The van der Waals surface area contributed by atoms with Crippen LogP contribution < -0.4 is 5.32 Å². The maximum Gasteiger partial charge on any atom is 0.419 e. The van der Waals surface area contributed by atoms with Gasteiger partial charge in [-0.1, -0.05) is 11.6 Å². The third-order valence-corrected chi connectivity index (χ3v) is 1.73. The second-order valence-corrected chi connectivity index (χ2v) is 2.67. The first-order chi connectivity index (χ1) is 5.95. The molecule has 1 aromatic heterocycles. The fourth-order valence-electron chi connectivity index (χ4n) is 0.784. The summed E-state index contributed by atoms with van der Waals surface area (Å²) in [6, 6.07) is 0.912. The van der Waals surface area contributed by atoms with Gasteiger partial charge in [-0.05, 0) is 6.07 Å². The number of alkyl halides is 3. The van der Waals surface area contributed by atoms with Crippen LogP contribution >= 0.6 is 11.6 Å². The van der Waals surface area contributed by atoms with Crippen LogP contribution in [0.25, 0.3) is 0 Å². The van der Waals surface area contributed by atoms with E-state index >= 15 is 0 Å². The predicted octanol–water partition coefficient (Wildman–Crippen LogP) is 2.80. The predicted molar refractivity (Wildman–Crippen MR) is 43.8 cm³/mol. The lowest BCUT2D eigenvalue weighted by Crippen LogP contribution is -2.07. The minimum absolute atomic E-state index is 0.275. The fourth-order valence-corrected chi connectivity index (χ4v) is 0.994. The Hall–Kier alpha value is -0.970. The zero-order chi connectivity index (χ0) is 10.1. The summed E-state index contributed by atoms with van der Waals surface area (Å²) in [5.74, 6) is 0. The molecular weight excluding hydrogens is 205 g/mol. The summed E-state index contributed by atoms with van der Waals surface area (Å²) >= 11 is 5.28. The first-order valence-electron chi connectivity index (χ1n) is 3.35. The van der Waals surface area contributed by atoms with E-state index in [1.165, 1.54) is 13.2 Å². The molecule has 0 aromatic carbocycles. The van der Waals surface area contributed by atoms with Crippen molar-refractivity contribution < 1.29 is 13.2 Å². The van der Waals surface area contributed by atoms with Crippen molar-refractivity contribution in [2.24, 2.45) is 0 Å². The van der Waals surface area contributed by atoms with Crippen molar-refractivity contribution in [2.75, 3.05) is 12.4 Å². The number of hydrogen-bond acceptors (Lipinski definition) is 2. The molecule has 0 atom stereocenters. The average molecular weight is 211 g/mol. The van der Waals surface area contributed by atoms with Crippen LogP contribution in [-0.4, -0.2) is 12.0 Å². The first kappa shape index (κ1) is 10.1. The van der Waals surface area contributed by atoms with Gasteiger partial charge >= 0.3 is 6.18 Å². The van der Waals surface area contributed by atoms with Gasteiger partial charge in [0.15, 0.2) is 0 Å². The molecule has 0 saturated carbocycles. The Labute approximate surface area is 77.7 Å². The van der Waals surface area contributed by atoms with Crippen LogP contribution in [0.2, 0.25) is 5.15 Å². The number of pyridine rings is 1. The van der Waals surface area contributed by atoms with Gasteiger partial charge in [-0.3, -0.25) is 0 Å². The molecule has 0 aliphatic carbocycles. The van der Waals surface area contributed by atoms with Crippen LogP contribution in [-0.2, 0) is 6.18 Å². The lowest BCUT2D eigenvalue weighted by atomic mass is 10.2. The summed E-state index contributed by atoms with van der Waals surface area (Å²) in [7, 11) is 1.51. The van der Waals surface area contributed by atoms with Gasteiger partial charge in [0.1, 0.15) is 5.15 Å². The number of aromatic nitrogens is 1. The van der Waals surface area contributed by atoms with Crippen molar-refractivity contribution in [2.45, 2.75) is 6.18 Å². The second-order valence-electron chi connectivity index (χ2n) is 2.31. The Morgan fingerprint density at radius 3 is 2.54 bits per heavy atom. The van der Waals surface area contributed by atoms with Gasteiger partial charge in [0.05, 0.1) is 17.4 Å². The van der Waals surface area contributed by atoms with E-state index < -0.39 is 16.9 Å². The fraction of sp³-hybridized carbons (Fsp3) is 0.286. The first-order valence-corrected chi connectivity index (χ1v) is 3.73. The molecular formula is C7H6ClF3N2. The number of rotatable bonds is 1. The van der Waals surface area contributed by atoms with Gasteiger partial charge in [-0.25, -0.2) is 4.98 Å². The van der Waals surface area contributed by atoms with Crippen LogP contribution in [0.5, 0.6) is 0 Å². The minimum Gasteiger partial charge on any atom is -0.387 e. The van der Waals surface area contributed by atoms with E-state index in [2.05, 4.69) is 10.3 Å². The van der Waals surface area contributed by atoms with E-state index in [4.69, 9.17) is 11.6 Å².